The predicted octanol–water partition coefficient (Wildman–Crippen LogP) is 2.94. The molecule has 2 aromatic rings. The average Bonchev–Trinajstić information content (AvgIpc) is 3.16. The number of para-hydroxylation sites is 1. The summed E-state index contributed by atoms with van der Waals surface area (Å²) in [7, 11) is 0. The number of carbonyl (C=O) groups excluding carboxylic acids is 2. The van der Waals surface area contributed by atoms with Crippen LogP contribution in [0.4, 0.5) is 14.5 Å². The number of nitrogens with one attached hydrogen (secondary N) is 2. The summed E-state index contributed by atoms with van der Waals surface area (Å²) >= 11 is 0. The number of halogens is 2. The topological polar surface area (TPSA) is 80.3 Å². The summed E-state index contributed by atoms with van der Waals surface area (Å²) in [6, 6.07) is 6.50. The molecule has 0 bridgehead atoms. The van der Waals surface area contributed by atoms with Crippen molar-refractivity contribution in [2.45, 2.75) is 38.3 Å². The molecule has 6 nitrogen and oxygen atoms in total. The lowest BCUT2D eigenvalue weighted by Crippen LogP contribution is -2.35. The fraction of sp³-hybridized carbons (Fsp3) is 0.316. The van der Waals surface area contributed by atoms with Gasteiger partial charge in [0.2, 0.25) is 5.88 Å². The summed E-state index contributed by atoms with van der Waals surface area (Å²) in [6.45, 7) is 0.0511. The Balaban J connectivity index is 1.54. The Morgan fingerprint density at radius 1 is 1.11 bits per heavy atom. The van der Waals surface area contributed by atoms with E-state index in [9.17, 15) is 18.4 Å². The van der Waals surface area contributed by atoms with E-state index < -0.39 is 29.1 Å². The van der Waals surface area contributed by atoms with Crippen molar-refractivity contribution in [3.05, 3.63) is 53.7 Å². The standard InChI is InChI=1S/C19H19F2N3O3/c20-14-6-3-7-15(21)17(14)24-19(26)18(25)23-11-12-8-9-22-16(10-12)27-13-4-1-2-5-13/h3,6-10,13H,1-2,4-5,11H2,(H,23,25)(H,24,26). The predicted molar refractivity (Wildman–Crippen MR) is 94.0 cm³/mol. The Labute approximate surface area is 154 Å². The summed E-state index contributed by atoms with van der Waals surface area (Å²) in [4.78, 5) is 27.9. The summed E-state index contributed by atoms with van der Waals surface area (Å²) in [5, 5.41) is 4.34. The van der Waals surface area contributed by atoms with Crippen LogP contribution in [0.15, 0.2) is 36.5 Å². The Morgan fingerprint density at radius 2 is 1.81 bits per heavy atom. The second kappa shape index (κ2) is 8.57. The maximum atomic E-state index is 13.5. The molecule has 0 atom stereocenters. The normalized spacial score (nSPS) is 14.0. The van der Waals surface area contributed by atoms with Crippen LogP contribution in [-0.4, -0.2) is 22.9 Å². The van der Waals surface area contributed by atoms with Gasteiger partial charge in [-0.2, -0.15) is 0 Å². The summed E-state index contributed by atoms with van der Waals surface area (Å²) in [5.74, 6) is -3.62. The first kappa shape index (κ1) is 18.8. The highest BCUT2D eigenvalue weighted by Gasteiger charge is 2.19. The molecular formula is C19H19F2N3O3. The minimum Gasteiger partial charge on any atom is -0.474 e. The fourth-order valence-corrected chi connectivity index (χ4v) is 2.85. The molecule has 3 rings (SSSR count). The van der Waals surface area contributed by atoms with E-state index in [-0.39, 0.29) is 12.6 Å². The third kappa shape index (κ3) is 4.99. The van der Waals surface area contributed by atoms with Crippen LogP contribution >= 0.6 is 0 Å². The van der Waals surface area contributed by atoms with Crippen LogP contribution in [0.1, 0.15) is 31.2 Å². The zero-order valence-corrected chi connectivity index (χ0v) is 14.5. The summed E-state index contributed by atoms with van der Waals surface area (Å²) in [5.41, 5.74) is 0.0324. The van der Waals surface area contributed by atoms with Crippen molar-refractivity contribution in [3.8, 4) is 5.88 Å². The molecule has 1 aliphatic rings. The first-order valence-electron chi connectivity index (χ1n) is 8.67. The van der Waals surface area contributed by atoms with Gasteiger partial charge in [-0.1, -0.05) is 6.07 Å². The second-order valence-corrected chi connectivity index (χ2v) is 6.26. The Hall–Kier alpha value is -3.03. The van der Waals surface area contributed by atoms with E-state index in [1.54, 1.807) is 18.3 Å². The first-order chi connectivity index (χ1) is 13.0. The van der Waals surface area contributed by atoms with Crippen LogP contribution in [0.3, 0.4) is 0 Å². The van der Waals surface area contributed by atoms with Gasteiger partial charge in [-0.3, -0.25) is 9.59 Å². The summed E-state index contributed by atoms with van der Waals surface area (Å²) < 4.78 is 32.8. The Bertz CT molecular complexity index is 818. The van der Waals surface area contributed by atoms with E-state index in [1.165, 1.54) is 0 Å². The molecule has 142 valence electrons. The van der Waals surface area contributed by atoms with Crippen LogP contribution in [0.2, 0.25) is 0 Å². The minimum absolute atomic E-state index is 0.0511. The van der Waals surface area contributed by atoms with E-state index in [0.717, 1.165) is 43.9 Å². The molecule has 0 unspecified atom stereocenters. The molecule has 2 N–H and O–H groups in total. The van der Waals surface area contributed by atoms with Crippen molar-refractivity contribution < 1.29 is 23.1 Å². The van der Waals surface area contributed by atoms with Gasteiger partial charge < -0.3 is 15.4 Å². The van der Waals surface area contributed by atoms with Gasteiger partial charge in [-0.05, 0) is 49.4 Å². The quantitative estimate of drug-likeness (QED) is 0.788. The van der Waals surface area contributed by atoms with Crippen molar-refractivity contribution in [2.75, 3.05) is 5.32 Å². The highest BCUT2D eigenvalue weighted by atomic mass is 19.1. The molecule has 8 heteroatoms. The van der Waals surface area contributed by atoms with E-state index >= 15 is 0 Å². The lowest BCUT2D eigenvalue weighted by Gasteiger charge is -2.13. The van der Waals surface area contributed by atoms with E-state index in [2.05, 4.69) is 10.3 Å². The van der Waals surface area contributed by atoms with Gasteiger partial charge >= 0.3 is 11.8 Å². The van der Waals surface area contributed by atoms with Crippen LogP contribution in [0.25, 0.3) is 0 Å². The van der Waals surface area contributed by atoms with Crippen molar-refractivity contribution in [3.63, 3.8) is 0 Å². The van der Waals surface area contributed by atoms with Crippen molar-refractivity contribution in [1.29, 1.82) is 0 Å². The number of hydrogen-bond acceptors (Lipinski definition) is 4. The Morgan fingerprint density at radius 3 is 2.52 bits per heavy atom. The van der Waals surface area contributed by atoms with Gasteiger partial charge in [-0.15, -0.1) is 0 Å². The number of benzene rings is 1. The van der Waals surface area contributed by atoms with Gasteiger partial charge in [0, 0.05) is 18.8 Å². The molecule has 27 heavy (non-hydrogen) atoms. The number of hydrogen-bond donors (Lipinski definition) is 2. The minimum atomic E-state index is -1.16. The molecular weight excluding hydrogens is 356 g/mol. The van der Waals surface area contributed by atoms with Crippen molar-refractivity contribution in [1.82, 2.24) is 10.3 Å². The average molecular weight is 375 g/mol. The molecule has 1 saturated carbocycles. The fourth-order valence-electron chi connectivity index (χ4n) is 2.85. The third-order valence-corrected chi connectivity index (χ3v) is 4.25. The van der Waals surface area contributed by atoms with Crippen LogP contribution in [0, 0.1) is 11.6 Å². The zero-order valence-electron chi connectivity index (χ0n) is 14.5. The number of pyridine rings is 1. The smallest absolute Gasteiger partial charge is 0.313 e. The number of amides is 2. The van der Waals surface area contributed by atoms with E-state index in [4.69, 9.17) is 4.74 Å². The molecule has 1 heterocycles. The molecule has 1 fully saturated rings. The van der Waals surface area contributed by atoms with Crippen molar-refractivity contribution >= 4 is 17.5 Å². The first-order valence-corrected chi connectivity index (χ1v) is 8.67. The van der Waals surface area contributed by atoms with Crippen molar-refractivity contribution in [2.24, 2.45) is 0 Å². The van der Waals surface area contributed by atoms with Gasteiger partial charge in [0.25, 0.3) is 0 Å². The summed E-state index contributed by atoms with van der Waals surface area (Å²) in [6.07, 6.45) is 5.98. The molecule has 1 aromatic carbocycles. The molecule has 0 saturated heterocycles. The highest BCUT2D eigenvalue weighted by molar-refractivity contribution is 6.39. The number of aromatic nitrogens is 1. The third-order valence-electron chi connectivity index (χ3n) is 4.25. The Kier molecular flexibility index (Phi) is 5.95. The highest BCUT2D eigenvalue weighted by Crippen LogP contribution is 2.23. The van der Waals surface area contributed by atoms with Crippen LogP contribution in [0.5, 0.6) is 5.88 Å². The number of carbonyl (C=O) groups is 2. The second-order valence-electron chi connectivity index (χ2n) is 6.26. The molecule has 0 aliphatic heterocycles. The largest absolute Gasteiger partial charge is 0.474 e. The SMILES string of the molecule is O=C(NCc1ccnc(OC2CCCC2)c1)C(=O)Nc1c(F)cccc1F. The zero-order chi connectivity index (χ0) is 19.2. The van der Waals surface area contributed by atoms with Crippen LogP contribution < -0.4 is 15.4 Å². The van der Waals surface area contributed by atoms with Crippen LogP contribution in [-0.2, 0) is 16.1 Å². The lowest BCUT2D eigenvalue weighted by atomic mass is 10.2. The van der Waals surface area contributed by atoms with Gasteiger partial charge in [-0.25, -0.2) is 13.8 Å². The molecule has 0 spiro atoms. The van der Waals surface area contributed by atoms with E-state index in [0.29, 0.717) is 11.4 Å². The lowest BCUT2D eigenvalue weighted by molar-refractivity contribution is -0.136. The molecule has 0 radical (unpaired) electrons. The number of anilines is 1. The van der Waals surface area contributed by atoms with Gasteiger partial charge in [0.15, 0.2) is 0 Å². The molecule has 1 aliphatic carbocycles. The number of ether oxygens (including phenoxy) is 1. The monoisotopic (exact) mass is 375 g/mol. The van der Waals surface area contributed by atoms with Gasteiger partial charge in [0.1, 0.15) is 23.4 Å². The van der Waals surface area contributed by atoms with Gasteiger partial charge in [0.05, 0.1) is 0 Å². The van der Waals surface area contributed by atoms with E-state index in [1.807, 2.05) is 5.32 Å². The maximum absolute atomic E-state index is 13.5. The number of rotatable bonds is 5. The molecule has 1 aromatic heterocycles. The molecule has 2 amide bonds. The number of nitrogens with zero attached hydrogens (tertiary/aromatic N) is 1. The maximum Gasteiger partial charge on any atom is 0.313 e.